The van der Waals surface area contributed by atoms with Crippen LogP contribution in [-0.4, -0.2) is 26.1 Å². The van der Waals surface area contributed by atoms with Crippen LogP contribution in [0.4, 0.5) is 11.6 Å². The van der Waals surface area contributed by atoms with Gasteiger partial charge in [-0.3, -0.25) is 14.9 Å². The summed E-state index contributed by atoms with van der Waals surface area (Å²) in [6.07, 6.45) is 1.64. The Morgan fingerprint density at radius 1 is 1.40 bits per heavy atom. The van der Waals surface area contributed by atoms with Crippen molar-refractivity contribution < 1.29 is 4.79 Å². The summed E-state index contributed by atoms with van der Waals surface area (Å²) in [6.45, 7) is 0. The number of pyridine rings is 1. The van der Waals surface area contributed by atoms with Crippen LogP contribution in [0.5, 0.6) is 0 Å². The highest BCUT2D eigenvalue weighted by Crippen LogP contribution is 2.26. The van der Waals surface area contributed by atoms with Crippen molar-refractivity contribution in [1.29, 1.82) is 0 Å². The van der Waals surface area contributed by atoms with Gasteiger partial charge in [0.15, 0.2) is 0 Å². The molecule has 7 nitrogen and oxygen atoms in total. The molecule has 0 aliphatic heterocycles. The van der Waals surface area contributed by atoms with E-state index in [-0.39, 0.29) is 11.8 Å². The fraction of sp³-hybridized carbons (Fsp3) is 0. The molecule has 3 aromatic rings. The van der Waals surface area contributed by atoms with Crippen molar-refractivity contribution >= 4 is 40.0 Å². The Morgan fingerprint density at radius 2 is 2.25 bits per heavy atom. The third kappa shape index (κ3) is 2.26. The molecule has 0 unspecified atom stereocenters. The first-order valence-electron chi connectivity index (χ1n) is 5.67. The molecule has 100 valence electrons. The normalized spacial score (nSPS) is 10.7. The van der Waals surface area contributed by atoms with Crippen LogP contribution in [-0.2, 0) is 0 Å². The number of amides is 1. The van der Waals surface area contributed by atoms with E-state index in [4.69, 9.17) is 17.3 Å². The number of rotatable bonds is 2. The molecule has 0 aliphatic carbocycles. The predicted molar refractivity (Wildman–Crippen MR) is 75.5 cm³/mol. The lowest BCUT2D eigenvalue weighted by Crippen LogP contribution is -2.14. The van der Waals surface area contributed by atoms with Crippen LogP contribution in [0.3, 0.4) is 0 Å². The first-order chi connectivity index (χ1) is 9.63. The summed E-state index contributed by atoms with van der Waals surface area (Å²) < 4.78 is 0. The van der Waals surface area contributed by atoms with E-state index in [0.717, 1.165) is 5.39 Å². The van der Waals surface area contributed by atoms with Crippen LogP contribution >= 0.6 is 11.6 Å². The van der Waals surface area contributed by atoms with E-state index >= 15 is 0 Å². The zero-order valence-corrected chi connectivity index (χ0v) is 10.8. The molecule has 0 saturated carbocycles. The first-order valence-corrected chi connectivity index (χ1v) is 6.05. The molecule has 0 aliphatic rings. The molecule has 4 N–H and O–H groups in total. The number of aromatic nitrogens is 4. The van der Waals surface area contributed by atoms with Gasteiger partial charge in [0, 0.05) is 16.6 Å². The largest absolute Gasteiger partial charge is 0.366 e. The zero-order chi connectivity index (χ0) is 14.1. The molecule has 1 amide bonds. The number of carbonyl (C=O) groups excluding carboxylic acids is 1. The molecule has 0 bridgehead atoms. The quantitative estimate of drug-likeness (QED) is 0.666. The Hall–Kier alpha value is -2.67. The number of nitrogens with one attached hydrogen (secondary N) is 2. The Morgan fingerprint density at radius 3 is 3.00 bits per heavy atom. The van der Waals surface area contributed by atoms with Crippen LogP contribution in [0.25, 0.3) is 10.9 Å². The molecule has 2 heterocycles. The van der Waals surface area contributed by atoms with Gasteiger partial charge in [-0.05, 0) is 18.2 Å². The van der Waals surface area contributed by atoms with Crippen molar-refractivity contribution in [3.05, 3.63) is 41.3 Å². The molecule has 2 aromatic heterocycles. The van der Waals surface area contributed by atoms with E-state index in [2.05, 4.69) is 25.5 Å². The van der Waals surface area contributed by atoms with Gasteiger partial charge in [-0.25, -0.2) is 0 Å². The topological polar surface area (TPSA) is 110 Å². The summed E-state index contributed by atoms with van der Waals surface area (Å²) in [6, 6.07) is 7.04. The molecule has 0 atom stereocenters. The SMILES string of the molecule is Nc1n[nH]c(C(=O)Nc2cc(Cl)cc3cccnc23)n1. The molecule has 3 rings (SSSR count). The van der Waals surface area contributed by atoms with Gasteiger partial charge in [0.05, 0.1) is 11.2 Å². The molecular weight excluding hydrogens is 280 g/mol. The fourth-order valence-corrected chi connectivity index (χ4v) is 2.04. The fourth-order valence-electron chi connectivity index (χ4n) is 1.81. The maximum absolute atomic E-state index is 12.0. The van der Waals surface area contributed by atoms with Crippen molar-refractivity contribution in [2.75, 3.05) is 11.1 Å². The van der Waals surface area contributed by atoms with Gasteiger partial charge in [-0.2, -0.15) is 4.98 Å². The lowest BCUT2D eigenvalue weighted by Gasteiger charge is -2.07. The minimum Gasteiger partial charge on any atom is -0.366 e. The minimum absolute atomic E-state index is 0.00391. The van der Waals surface area contributed by atoms with Crippen molar-refractivity contribution in [3.63, 3.8) is 0 Å². The molecule has 0 fully saturated rings. The van der Waals surface area contributed by atoms with E-state index in [9.17, 15) is 4.79 Å². The molecule has 0 radical (unpaired) electrons. The van der Waals surface area contributed by atoms with Gasteiger partial charge in [0.2, 0.25) is 11.8 Å². The van der Waals surface area contributed by atoms with Gasteiger partial charge in [0.25, 0.3) is 5.91 Å². The number of fused-ring (bicyclic) bond motifs is 1. The number of hydrogen-bond acceptors (Lipinski definition) is 5. The maximum atomic E-state index is 12.0. The zero-order valence-electron chi connectivity index (χ0n) is 10.1. The molecule has 0 spiro atoms. The van der Waals surface area contributed by atoms with E-state index in [1.165, 1.54) is 0 Å². The average Bonchev–Trinajstić information content (AvgIpc) is 2.85. The van der Waals surface area contributed by atoms with E-state index in [1.807, 2.05) is 6.07 Å². The van der Waals surface area contributed by atoms with E-state index in [0.29, 0.717) is 16.2 Å². The standard InChI is InChI=1S/C12H9ClN6O/c13-7-4-6-2-1-3-15-9(6)8(5-7)16-11(20)10-17-12(14)19-18-10/h1-5H,(H,16,20)(H3,14,17,18,19). The average molecular weight is 289 g/mol. The Labute approximate surface area is 118 Å². The highest BCUT2D eigenvalue weighted by Gasteiger charge is 2.13. The lowest BCUT2D eigenvalue weighted by atomic mass is 10.2. The van der Waals surface area contributed by atoms with Crippen molar-refractivity contribution in [2.45, 2.75) is 0 Å². The van der Waals surface area contributed by atoms with Gasteiger partial charge in [-0.1, -0.05) is 17.7 Å². The number of nitrogens with zero attached hydrogens (tertiary/aromatic N) is 3. The number of nitrogens with two attached hydrogens (primary N) is 1. The molecular formula is C12H9ClN6O. The number of anilines is 2. The second kappa shape index (κ2) is 4.78. The lowest BCUT2D eigenvalue weighted by molar-refractivity contribution is 0.101. The number of aromatic amines is 1. The first kappa shape index (κ1) is 12.4. The molecule has 8 heteroatoms. The van der Waals surface area contributed by atoms with Gasteiger partial charge in [-0.15, -0.1) is 5.10 Å². The number of nitrogen functional groups attached to an aromatic ring is 1. The Bertz CT molecular complexity index is 799. The van der Waals surface area contributed by atoms with Gasteiger partial charge >= 0.3 is 0 Å². The molecule has 1 aromatic carbocycles. The highest BCUT2D eigenvalue weighted by molar-refractivity contribution is 6.32. The third-order valence-corrected chi connectivity index (χ3v) is 2.85. The monoisotopic (exact) mass is 288 g/mol. The van der Waals surface area contributed by atoms with Gasteiger partial charge in [0.1, 0.15) is 0 Å². The molecule has 0 saturated heterocycles. The van der Waals surface area contributed by atoms with E-state index in [1.54, 1.807) is 24.4 Å². The summed E-state index contributed by atoms with van der Waals surface area (Å²) in [5, 5.41) is 10.0. The number of carbonyl (C=O) groups is 1. The number of halogens is 1. The molecule has 20 heavy (non-hydrogen) atoms. The summed E-state index contributed by atoms with van der Waals surface area (Å²) >= 11 is 6.02. The van der Waals surface area contributed by atoms with Crippen molar-refractivity contribution in [3.8, 4) is 0 Å². The second-order valence-corrected chi connectivity index (χ2v) is 4.46. The number of hydrogen-bond donors (Lipinski definition) is 3. The summed E-state index contributed by atoms with van der Waals surface area (Å²) in [5.41, 5.74) is 6.49. The maximum Gasteiger partial charge on any atom is 0.293 e. The van der Waals surface area contributed by atoms with Crippen LogP contribution in [0, 0.1) is 0 Å². The van der Waals surface area contributed by atoms with Gasteiger partial charge < -0.3 is 11.1 Å². The summed E-state index contributed by atoms with van der Waals surface area (Å²) in [7, 11) is 0. The van der Waals surface area contributed by atoms with Crippen molar-refractivity contribution in [1.82, 2.24) is 20.2 Å². The number of H-pyrrole nitrogens is 1. The Balaban J connectivity index is 2.00. The van der Waals surface area contributed by atoms with Crippen LogP contribution in [0.2, 0.25) is 5.02 Å². The summed E-state index contributed by atoms with van der Waals surface area (Å²) in [5.74, 6) is -0.445. The van der Waals surface area contributed by atoms with Crippen LogP contribution in [0.1, 0.15) is 10.6 Å². The van der Waals surface area contributed by atoms with Crippen LogP contribution in [0.15, 0.2) is 30.5 Å². The predicted octanol–water partition coefficient (Wildman–Crippen LogP) is 1.84. The van der Waals surface area contributed by atoms with Crippen LogP contribution < -0.4 is 11.1 Å². The summed E-state index contributed by atoms with van der Waals surface area (Å²) in [4.78, 5) is 20.0. The second-order valence-electron chi connectivity index (χ2n) is 4.02. The highest BCUT2D eigenvalue weighted by atomic mass is 35.5. The number of benzene rings is 1. The Kier molecular flexibility index (Phi) is 2.96. The minimum atomic E-state index is -0.469. The van der Waals surface area contributed by atoms with Crippen molar-refractivity contribution in [2.24, 2.45) is 0 Å². The third-order valence-electron chi connectivity index (χ3n) is 2.64. The smallest absolute Gasteiger partial charge is 0.293 e. The van der Waals surface area contributed by atoms with E-state index < -0.39 is 5.91 Å².